The van der Waals surface area contributed by atoms with Gasteiger partial charge in [-0.3, -0.25) is 4.79 Å². The molecular formula is C19H25NO5. The monoisotopic (exact) mass is 347 g/mol. The summed E-state index contributed by atoms with van der Waals surface area (Å²) in [7, 11) is 1.45. The summed E-state index contributed by atoms with van der Waals surface area (Å²) >= 11 is 0. The third-order valence-corrected chi connectivity index (χ3v) is 4.18. The van der Waals surface area contributed by atoms with Gasteiger partial charge >= 0.3 is 5.97 Å². The zero-order valence-electron chi connectivity index (χ0n) is 14.9. The summed E-state index contributed by atoms with van der Waals surface area (Å²) in [6.07, 6.45) is 3.91. The van der Waals surface area contributed by atoms with Gasteiger partial charge in [-0.05, 0) is 42.0 Å². The van der Waals surface area contributed by atoms with E-state index in [4.69, 9.17) is 9.47 Å². The molecule has 6 nitrogen and oxygen atoms in total. The number of esters is 1. The molecule has 1 heterocycles. The zero-order chi connectivity index (χ0) is 18.4. The molecule has 0 saturated carbocycles. The number of nitrogens with zero attached hydrogens (tertiary/aromatic N) is 1. The van der Waals surface area contributed by atoms with E-state index in [1.165, 1.54) is 19.3 Å². The van der Waals surface area contributed by atoms with Crippen LogP contribution in [0.25, 0.3) is 6.08 Å². The molecule has 1 aliphatic rings. The fraction of sp³-hybridized carbons (Fsp3) is 0.474. The van der Waals surface area contributed by atoms with Crippen LogP contribution in [0.15, 0.2) is 24.3 Å². The summed E-state index contributed by atoms with van der Waals surface area (Å²) in [4.78, 5) is 25.7. The average Bonchev–Trinajstić information content (AvgIpc) is 2.58. The van der Waals surface area contributed by atoms with E-state index in [0.29, 0.717) is 36.2 Å². The van der Waals surface area contributed by atoms with Gasteiger partial charge in [0.15, 0.2) is 18.1 Å². The maximum atomic E-state index is 12.2. The summed E-state index contributed by atoms with van der Waals surface area (Å²) in [5.74, 6) is 0.530. The lowest BCUT2D eigenvalue weighted by molar-refractivity contribution is -0.149. The number of carbonyl (C=O) groups excluding carboxylic acids is 2. The molecule has 1 saturated heterocycles. The Balaban J connectivity index is 1.85. The van der Waals surface area contributed by atoms with Crippen LogP contribution in [0.2, 0.25) is 0 Å². The highest BCUT2D eigenvalue weighted by molar-refractivity contribution is 5.89. The molecule has 1 fully saturated rings. The first kappa shape index (κ1) is 18.8. The predicted molar refractivity (Wildman–Crippen MR) is 94.2 cm³/mol. The van der Waals surface area contributed by atoms with Crippen LogP contribution >= 0.6 is 0 Å². The van der Waals surface area contributed by atoms with Gasteiger partial charge in [-0.25, -0.2) is 4.79 Å². The smallest absolute Gasteiger partial charge is 0.331 e. The van der Waals surface area contributed by atoms with Crippen LogP contribution < -0.4 is 4.74 Å². The lowest BCUT2D eigenvalue weighted by atomic mass is 9.92. The number of methoxy groups -OCH3 is 1. The number of phenols is 1. The topological polar surface area (TPSA) is 76.1 Å². The van der Waals surface area contributed by atoms with Gasteiger partial charge in [0.2, 0.25) is 0 Å². The van der Waals surface area contributed by atoms with Gasteiger partial charge in [0.25, 0.3) is 5.91 Å². The fourth-order valence-electron chi connectivity index (χ4n) is 3.10. The molecule has 0 bridgehead atoms. The summed E-state index contributed by atoms with van der Waals surface area (Å²) in [6, 6.07) is 4.72. The second-order valence-electron chi connectivity index (χ2n) is 6.62. The predicted octanol–water partition coefficient (Wildman–Crippen LogP) is 2.46. The van der Waals surface area contributed by atoms with Crippen LogP contribution in [0, 0.1) is 11.8 Å². The minimum atomic E-state index is -0.585. The molecule has 1 aromatic rings. The highest BCUT2D eigenvalue weighted by Crippen LogP contribution is 2.26. The molecule has 0 spiro atoms. The average molecular weight is 347 g/mol. The molecule has 0 radical (unpaired) electrons. The van der Waals surface area contributed by atoms with Crippen LogP contribution in [0.5, 0.6) is 11.5 Å². The van der Waals surface area contributed by atoms with Crippen molar-refractivity contribution in [3.63, 3.8) is 0 Å². The maximum absolute atomic E-state index is 12.2. The Hall–Kier alpha value is -2.50. The van der Waals surface area contributed by atoms with Crippen molar-refractivity contribution in [2.75, 3.05) is 26.8 Å². The SMILES string of the molecule is COc1cc(/C=C/C(=O)OCC(=O)N2C[C@@H](C)C[C@H](C)C2)ccc1O. The molecule has 2 atom stereocenters. The second-order valence-corrected chi connectivity index (χ2v) is 6.62. The molecule has 1 aliphatic heterocycles. The molecule has 0 aromatic heterocycles. The number of likely N-dealkylation sites (tertiary alicyclic amines) is 1. The molecule has 25 heavy (non-hydrogen) atoms. The first-order valence-corrected chi connectivity index (χ1v) is 8.38. The molecule has 136 valence electrons. The van der Waals surface area contributed by atoms with Gasteiger partial charge in [0.05, 0.1) is 7.11 Å². The number of aromatic hydroxyl groups is 1. The highest BCUT2D eigenvalue weighted by atomic mass is 16.5. The van der Waals surface area contributed by atoms with Gasteiger partial charge in [0.1, 0.15) is 0 Å². The Labute approximate surface area is 148 Å². The number of ether oxygens (including phenoxy) is 2. The van der Waals surface area contributed by atoms with Crippen molar-refractivity contribution < 1.29 is 24.2 Å². The minimum absolute atomic E-state index is 0.0258. The van der Waals surface area contributed by atoms with E-state index < -0.39 is 5.97 Å². The van der Waals surface area contributed by atoms with E-state index in [-0.39, 0.29) is 18.3 Å². The van der Waals surface area contributed by atoms with Gasteiger partial charge in [-0.2, -0.15) is 0 Å². The summed E-state index contributed by atoms with van der Waals surface area (Å²) in [6.45, 7) is 5.42. The number of benzene rings is 1. The summed E-state index contributed by atoms with van der Waals surface area (Å²) in [5.41, 5.74) is 0.677. The van der Waals surface area contributed by atoms with E-state index in [1.54, 1.807) is 23.1 Å². The van der Waals surface area contributed by atoms with Crippen LogP contribution in [-0.4, -0.2) is 48.7 Å². The Kier molecular flexibility index (Phi) is 6.44. The molecule has 0 aliphatic carbocycles. The Morgan fingerprint density at radius 1 is 1.28 bits per heavy atom. The molecule has 1 N–H and O–H groups in total. The molecule has 6 heteroatoms. The minimum Gasteiger partial charge on any atom is -0.504 e. The van der Waals surface area contributed by atoms with E-state index >= 15 is 0 Å². The molecule has 1 aromatic carbocycles. The third-order valence-electron chi connectivity index (χ3n) is 4.18. The van der Waals surface area contributed by atoms with Crippen molar-refractivity contribution in [3.8, 4) is 11.5 Å². The number of phenolic OH excluding ortho intramolecular Hbond substituents is 1. The van der Waals surface area contributed by atoms with Gasteiger partial charge in [0, 0.05) is 19.2 Å². The molecule has 2 rings (SSSR count). The zero-order valence-corrected chi connectivity index (χ0v) is 14.9. The second kappa shape index (κ2) is 8.55. The van der Waals surface area contributed by atoms with Crippen molar-refractivity contribution in [2.24, 2.45) is 11.8 Å². The fourth-order valence-corrected chi connectivity index (χ4v) is 3.10. The van der Waals surface area contributed by atoms with Crippen molar-refractivity contribution in [1.82, 2.24) is 4.90 Å². The first-order valence-electron chi connectivity index (χ1n) is 8.38. The number of hydrogen-bond donors (Lipinski definition) is 1. The van der Waals surface area contributed by atoms with Crippen LogP contribution in [-0.2, 0) is 14.3 Å². The maximum Gasteiger partial charge on any atom is 0.331 e. The number of piperidine rings is 1. The van der Waals surface area contributed by atoms with Gasteiger partial charge in [-0.15, -0.1) is 0 Å². The third kappa shape index (κ3) is 5.52. The summed E-state index contributed by atoms with van der Waals surface area (Å²) < 4.78 is 10.0. The van der Waals surface area contributed by atoms with Crippen molar-refractivity contribution in [3.05, 3.63) is 29.8 Å². The number of hydrogen-bond acceptors (Lipinski definition) is 5. The van der Waals surface area contributed by atoms with Crippen molar-refractivity contribution in [2.45, 2.75) is 20.3 Å². The number of amides is 1. The van der Waals surface area contributed by atoms with Crippen LogP contribution in [0.3, 0.4) is 0 Å². The van der Waals surface area contributed by atoms with Crippen molar-refractivity contribution in [1.29, 1.82) is 0 Å². The summed E-state index contributed by atoms with van der Waals surface area (Å²) in [5, 5.41) is 9.54. The standard InChI is InChI=1S/C19H25NO5/c1-13-8-14(2)11-20(10-13)18(22)12-25-19(23)7-5-15-4-6-16(21)17(9-15)24-3/h4-7,9,13-14,21H,8,10-12H2,1-3H3/b7-5+/t13-,14-/m0/s1. The normalized spacial score (nSPS) is 20.5. The van der Waals surface area contributed by atoms with E-state index in [2.05, 4.69) is 13.8 Å². The van der Waals surface area contributed by atoms with E-state index in [9.17, 15) is 14.7 Å². The molecule has 1 amide bonds. The lowest BCUT2D eigenvalue weighted by Gasteiger charge is -2.34. The molecule has 0 unspecified atom stereocenters. The first-order chi connectivity index (χ1) is 11.9. The quantitative estimate of drug-likeness (QED) is 0.654. The Morgan fingerprint density at radius 2 is 1.96 bits per heavy atom. The largest absolute Gasteiger partial charge is 0.504 e. The number of carbonyl (C=O) groups is 2. The van der Waals surface area contributed by atoms with Crippen molar-refractivity contribution >= 4 is 18.0 Å². The van der Waals surface area contributed by atoms with Gasteiger partial charge < -0.3 is 19.5 Å². The molecular weight excluding hydrogens is 322 g/mol. The van der Waals surface area contributed by atoms with E-state index in [0.717, 1.165) is 6.42 Å². The Morgan fingerprint density at radius 3 is 2.60 bits per heavy atom. The van der Waals surface area contributed by atoms with Gasteiger partial charge in [-0.1, -0.05) is 19.9 Å². The van der Waals surface area contributed by atoms with Crippen LogP contribution in [0.4, 0.5) is 0 Å². The lowest BCUT2D eigenvalue weighted by Crippen LogP contribution is -2.44. The Bertz CT molecular complexity index is 645. The highest BCUT2D eigenvalue weighted by Gasteiger charge is 2.25. The van der Waals surface area contributed by atoms with E-state index in [1.807, 2.05) is 0 Å². The van der Waals surface area contributed by atoms with Crippen LogP contribution in [0.1, 0.15) is 25.8 Å². The number of rotatable bonds is 5.